The lowest BCUT2D eigenvalue weighted by atomic mass is 9.43. The van der Waals surface area contributed by atoms with E-state index < -0.39 is 0 Å². The van der Waals surface area contributed by atoms with Crippen LogP contribution < -0.4 is 0 Å². The molecule has 3 nitrogen and oxygen atoms in total. The molecular formula is C33H57NO2. The van der Waals surface area contributed by atoms with Crippen molar-refractivity contribution in [3.63, 3.8) is 0 Å². The Hall–Kier alpha value is -0.830. The van der Waals surface area contributed by atoms with E-state index in [9.17, 15) is 4.79 Å². The summed E-state index contributed by atoms with van der Waals surface area (Å²) < 4.78 is 5.89. The molecule has 0 aromatic heterocycles. The Morgan fingerprint density at radius 2 is 1.67 bits per heavy atom. The monoisotopic (exact) mass is 499 g/mol. The highest BCUT2D eigenvalue weighted by molar-refractivity contribution is 5.66. The molecule has 36 heavy (non-hydrogen) atoms. The zero-order valence-corrected chi connectivity index (χ0v) is 25.3. The van der Waals surface area contributed by atoms with E-state index in [4.69, 9.17) is 4.74 Å². The summed E-state index contributed by atoms with van der Waals surface area (Å²) in [6.45, 7) is 25.1. The van der Waals surface area contributed by atoms with Gasteiger partial charge >= 0.3 is 5.97 Å². The number of ether oxygens (including phenoxy) is 1. The maximum Gasteiger partial charge on any atom is 0.302 e. The van der Waals surface area contributed by atoms with Gasteiger partial charge in [-0.3, -0.25) is 4.79 Å². The summed E-state index contributed by atoms with van der Waals surface area (Å²) in [5.74, 6) is 2.16. The molecule has 206 valence electrons. The standard InChI is InChI=1S/C33H57NO2/c1-10-34(11-2)22-12-13-23(3)25-16-20-33(9)27-14-15-28-30(5,6)29(36-24(4)35)18-19-31(28,7)26(27)17-21-32(25,33)8/h23,25,28-29H,10-22H2,1-9H3/t23-,25-,28+,29+,31-,32-,33+/m1/s1. The van der Waals surface area contributed by atoms with Crippen molar-refractivity contribution in [2.24, 2.45) is 39.4 Å². The van der Waals surface area contributed by atoms with Crippen LogP contribution in [0.15, 0.2) is 11.1 Å². The molecule has 4 rings (SSSR count). The molecule has 0 N–H and O–H groups in total. The van der Waals surface area contributed by atoms with Gasteiger partial charge in [0.05, 0.1) is 0 Å². The van der Waals surface area contributed by atoms with Crippen molar-refractivity contribution in [1.29, 1.82) is 0 Å². The highest BCUT2D eigenvalue weighted by atomic mass is 16.5. The largest absolute Gasteiger partial charge is 0.462 e. The third-order valence-electron chi connectivity index (χ3n) is 12.8. The first kappa shape index (κ1) is 28.2. The molecule has 0 aromatic carbocycles. The van der Waals surface area contributed by atoms with Gasteiger partial charge in [-0.15, -0.1) is 0 Å². The number of hydrogen-bond acceptors (Lipinski definition) is 3. The number of allylic oxidation sites excluding steroid dienone is 2. The van der Waals surface area contributed by atoms with Crippen LogP contribution in [0.5, 0.6) is 0 Å². The molecule has 0 unspecified atom stereocenters. The number of hydrogen-bond donors (Lipinski definition) is 0. The third kappa shape index (κ3) is 4.32. The van der Waals surface area contributed by atoms with Crippen LogP contribution >= 0.6 is 0 Å². The number of fused-ring (bicyclic) bond motifs is 4. The minimum Gasteiger partial charge on any atom is -0.462 e. The molecule has 0 aromatic rings. The van der Waals surface area contributed by atoms with Gasteiger partial charge in [0.15, 0.2) is 0 Å². The summed E-state index contributed by atoms with van der Waals surface area (Å²) in [6, 6.07) is 0. The molecule has 7 atom stereocenters. The van der Waals surface area contributed by atoms with Gasteiger partial charge in [-0.05, 0) is 118 Å². The van der Waals surface area contributed by atoms with E-state index in [0.717, 1.165) is 18.3 Å². The van der Waals surface area contributed by atoms with Gasteiger partial charge in [0, 0.05) is 12.3 Å². The van der Waals surface area contributed by atoms with Crippen molar-refractivity contribution >= 4 is 5.97 Å². The highest BCUT2D eigenvalue weighted by Crippen LogP contribution is 2.72. The van der Waals surface area contributed by atoms with Crippen LogP contribution in [-0.4, -0.2) is 36.6 Å². The van der Waals surface area contributed by atoms with Crippen LogP contribution in [-0.2, 0) is 9.53 Å². The summed E-state index contributed by atoms with van der Waals surface area (Å²) in [5.41, 5.74) is 4.82. The van der Waals surface area contributed by atoms with Crippen molar-refractivity contribution in [2.45, 2.75) is 133 Å². The minimum absolute atomic E-state index is 0.0381. The van der Waals surface area contributed by atoms with Crippen molar-refractivity contribution in [1.82, 2.24) is 4.90 Å². The smallest absolute Gasteiger partial charge is 0.302 e. The topological polar surface area (TPSA) is 29.5 Å². The quantitative estimate of drug-likeness (QED) is 0.248. The fourth-order valence-electron chi connectivity index (χ4n) is 10.4. The van der Waals surface area contributed by atoms with E-state index in [-0.39, 0.29) is 22.9 Å². The van der Waals surface area contributed by atoms with Gasteiger partial charge in [-0.25, -0.2) is 0 Å². The number of carbonyl (C=O) groups excluding carboxylic acids is 1. The normalized spacial score (nSPS) is 40.4. The molecule has 0 amide bonds. The van der Waals surface area contributed by atoms with Crippen LogP contribution in [0.1, 0.15) is 127 Å². The third-order valence-corrected chi connectivity index (χ3v) is 12.8. The Balaban J connectivity index is 1.56. The van der Waals surface area contributed by atoms with Crippen molar-refractivity contribution in [2.75, 3.05) is 19.6 Å². The summed E-state index contributed by atoms with van der Waals surface area (Å²) in [5, 5.41) is 0. The van der Waals surface area contributed by atoms with Gasteiger partial charge in [-0.1, -0.05) is 66.5 Å². The van der Waals surface area contributed by atoms with E-state index in [1.165, 1.54) is 77.4 Å². The zero-order valence-electron chi connectivity index (χ0n) is 25.3. The van der Waals surface area contributed by atoms with E-state index in [0.29, 0.717) is 16.7 Å². The van der Waals surface area contributed by atoms with E-state index in [1.807, 2.05) is 11.1 Å². The summed E-state index contributed by atoms with van der Waals surface area (Å²) >= 11 is 0. The van der Waals surface area contributed by atoms with Gasteiger partial charge in [0.25, 0.3) is 0 Å². The summed E-state index contributed by atoms with van der Waals surface area (Å²) in [7, 11) is 0. The molecule has 0 saturated heterocycles. The molecule has 2 saturated carbocycles. The lowest BCUT2D eigenvalue weighted by Gasteiger charge is -2.62. The number of esters is 1. The Bertz CT molecular complexity index is 856. The van der Waals surface area contributed by atoms with Gasteiger partial charge < -0.3 is 9.64 Å². The maximum atomic E-state index is 11.9. The average molecular weight is 500 g/mol. The Morgan fingerprint density at radius 3 is 2.31 bits per heavy atom. The first-order chi connectivity index (χ1) is 16.8. The molecule has 0 aliphatic heterocycles. The second-order valence-corrected chi connectivity index (χ2v) is 14.5. The minimum atomic E-state index is -0.114. The van der Waals surface area contributed by atoms with Gasteiger partial charge in [-0.2, -0.15) is 0 Å². The second kappa shape index (κ2) is 10.0. The number of rotatable bonds is 8. The Kier molecular flexibility index (Phi) is 7.87. The molecule has 0 radical (unpaired) electrons. The van der Waals surface area contributed by atoms with Crippen molar-refractivity contribution < 1.29 is 9.53 Å². The molecule has 2 fully saturated rings. The summed E-state index contributed by atoms with van der Waals surface area (Å²) in [6.07, 6.45) is 13.0. The maximum absolute atomic E-state index is 11.9. The van der Waals surface area contributed by atoms with Crippen LogP contribution in [0.3, 0.4) is 0 Å². The lowest BCUT2D eigenvalue weighted by Crippen LogP contribution is -2.55. The first-order valence-electron chi connectivity index (χ1n) is 15.5. The molecule has 0 spiro atoms. The molecule has 0 bridgehead atoms. The summed E-state index contributed by atoms with van der Waals surface area (Å²) in [4.78, 5) is 14.4. The van der Waals surface area contributed by atoms with Gasteiger partial charge in [0.2, 0.25) is 0 Å². The predicted molar refractivity (Wildman–Crippen MR) is 151 cm³/mol. The Labute approximate surface area is 223 Å². The second-order valence-electron chi connectivity index (χ2n) is 14.5. The fourth-order valence-corrected chi connectivity index (χ4v) is 10.4. The van der Waals surface area contributed by atoms with Crippen LogP contribution in [0.25, 0.3) is 0 Å². The number of nitrogens with zero attached hydrogens (tertiary/aromatic N) is 1. The van der Waals surface area contributed by atoms with Gasteiger partial charge in [0.1, 0.15) is 6.10 Å². The van der Waals surface area contributed by atoms with Crippen molar-refractivity contribution in [3.05, 3.63) is 11.1 Å². The highest BCUT2D eigenvalue weighted by Gasteiger charge is 2.63. The molecule has 4 aliphatic rings. The molecule has 3 heteroatoms. The van der Waals surface area contributed by atoms with Crippen molar-refractivity contribution in [3.8, 4) is 0 Å². The first-order valence-corrected chi connectivity index (χ1v) is 15.5. The van der Waals surface area contributed by atoms with E-state index in [1.54, 1.807) is 6.92 Å². The Morgan fingerprint density at radius 1 is 0.972 bits per heavy atom. The molecule has 0 heterocycles. The van der Waals surface area contributed by atoms with Crippen LogP contribution in [0.2, 0.25) is 0 Å². The number of carbonyl (C=O) groups is 1. The van der Waals surface area contributed by atoms with E-state index >= 15 is 0 Å². The van der Waals surface area contributed by atoms with Crippen LogP contribution in [0, 0.1) is 39.4 Å². The molecule has 4 aliphatic carbocycles. The van der Waals surface area contributed by atoms with Crippen LogP contribution in [0.4, 0.5) is 0 Å². The van der Waals surface area contributed by atoms with E-state index in [2.05, 4.69) is 60.3 Å². The average Bonchev–Trinajstić information content (AvgIpc) is 3.10. The molecular weight excluding hydrogens is 442 g/mol. The fraction of sp³-hybridized carbons (Fsp3) is 0.909. The SMILES string of the molecule is CCN(CC)CCC[C@@H](C)[C@H]1CC[C@@]2(C)C3=C(CC[C@]12C)[C@@]1(C)CC[C@H](OC(C)=O)C(C)(C)[C@@H]1CC3. The predicted octanol–water partition coefficient (Wildman–Crippen LogP) is 8.43. The zero-order chi connectivity index (χ0) is 26.5. The lowest BCUT2D eigenvalue weighted by molar-refractivity contribution is -0.167.